The lowest BCUT2D eigenvalue weighted by atomic mass is 9.98. The lowest BCUT2D eigenvalue weighted by molar-refractivity contribution is -0.133. The first-order valence-corrected chi connectivity index (χ1v) is 7.29. The summed E-state index contributed by atoms with van der Waals surface area (Å²) < 4.78 is 0. The monoisotopic (exact) mass is 300 g/mol. The summed E-state index contributed by atoms with van der Waals surface area (Å²) in [5.41, 5.74) is 8.02. The lowest BCUT2D eigenvalue weighted by Gasteiger charge is -2.31. The fourth-order valence-corrected chi connectivity index (χ4v) is 3.10. The van der Waals surface area contributed by atoms with Gasteiger partial charge in [-0.2, -0.15) is 0 Å². The van der Waals surface area contributed by atoms with Crippen molar-refractivity contribution in [3.05, 3.63) is 33.3 Å². The van der Waals surface area contributed by atoms with Crippen molar-refractivity contribution in [2.75, 3.05) is 6.54 Å². The third-order valence-electron chi connectivity index (χ3n) is 3.47. The molecule has 104 valence electrons. The van der Waals surface area contributed by atoms with Crippen LogP contribution in [0.4, 0.5) is 0 Å². The minimum absolute atomic E-state index is 0.0172. The molecule has 2 rings (SSSR count). The van der Waals surface area contributed by atoms with Crippen LogP contribution in [-0.2, 0) is 17.8 Å². The fraction of sp³-hybridized carbons (Fsp3) is 0.500. The van der Waals surface area contributed by atoms with Gasteiger partial charge in [0.05, 0.1) is 6.04 Å². The first-order chi connectivity index (χ1) is 9.02. The Morgan fingerprint density at radius 3 is 2.89 bits per heavy atom. The van der Waals surface area contributed by atoms with E-state index in [1.165, 1.54) is 0 Å². The molecule has 5 heteroatoms. The molecule has 0 bridgehead atoms. The molecule has 0 aromatic heterocycles. The van der Waals surface area contributed by atoms with Gasteiger partial charge >= 0.3 is 0 Å². The third-order valence-corrected chi connectivity index (χ3v) is 4.03. The lowest BCUT2D eigenvalue weighted by Crippen LogP contribution is -2.45. The van der Waals surface area contributed by atoms with E-state index in [0.717, 1.165) is 30.4 Å². The zero-order valence-corrected chi connectivity index (χ0v) is 12.5. The van der Waals surface area contributed by atoms with Crippen LogP contribution in [0, 0.1) is 0 Å². The molecule has 1 unspecified atom stereocenters. The van der Waals surface area contributed by atoms with E-state index in [1.54, 1.807) is 11.0 Å². The average molecular weight is 301 g/mol. The van der Waals surface area contributed by atoms with Gasteiger partial charge in [-0.3, -0.25) is 4.79 Å². The van der Waals surface area contributed by atoms with Crippen molar-refractivity contribution in [1.82, 2.24) is 4.90 Å². The third kappa shape index (κ3) is 3.22. The SMILES string of the molecule is CCCC(N)C(=O)N1CCc2c(Cl)cc(Cl)cc2C1. The zero-order valence-electron chi connectivity index (χ0n) is 11.0. The molecule has 1 heterocycles. The van der Waals surface area contributed by atoms with E-state index in [-0.39, 0.29) is 5.91 Å². The maximum atomic E-state index is 12.2. The Bertz CT molecular complexity index is 491. The molecular formula is C14H18Cl2N2O. The van der Waals surface area contributed by atoms with Gasteiger partial charge in [0.25, 0.3) is 0 Å². The Balaban J connectivity index is 2.16. The standard InChI is InChI=1S/C14H18Cl2N2O/c1-2-3-13(17)14(19)18-5-4-11-9(8-18)6-10(15)7-12(11)16/h6-7,13H,2-5,8,17H2,1H3. The zero-order chi connectivity index (χ0) is 14.0. The van der Waals surface area contributed by atoms with Crippen LogP contribution in [-0.4, -0.2) is 23.4 Å². The smallest absolute Gasteiger partial charge is 0.239 e. The van der Waals surface area contributed by atoms with Crippen molar-refractivity contribution in [3.63, 3.8) is 0 Å². The van der Waals surface area contributed by atoms with Crippen molar-refractivity contribution < 1.29 is 4.79 Å². The molecule has 1 aliphatic rings. The topological polar surface area (TPSA) is 46.3 Å². The predicted octanol–water partition coefficient (Wildman–Crippen LogP) is 3.01. The molecule has 0 aliphatic carbocycles. The molecule has 2 N–H and O–H groups in total. The Morgan fingerprint density at radius 1 is 1.47 bits per heavy atom. The number of nitrogens with two attached hydrogens (primary N) is 1. The fourth-order valence-electron chi connectivity index (χ4n) is 2.47. The summed E-state index contributed by atoms with van der Waals surface area (Å²) in [7, 11) is 0. The van der Waals surface area contributed by atoms with Gasteiger partial charge in [-0.1, -0.05) is 36.5 Å². The van der Waals surface area contributed by atoms with Crippen LogP contribution in [0.25, 0.3) is 0 Å². The number of benzene rings is 1. The highest BCUT2D eigenvalue weighted by Crippen LogP contribution is 2.30. The predicted molar refractivity (Wildman–Crippen MR) is 78.5 cm³/mol. The maximum Gasteiger partial charge on any atom is 0.239 e. The van der Waals surface area contributed by atoms with E-state index in [9.17, 15) is 4.79 Å². The van der Waals surface area contributed by atoms with Crippen LogP contribution in [0.1, 0.15) is 30.9 Å². The summed E-state index contributed by atoms with van der Waals surface area (Å²) >= 11 is 12.2. The summed E-state index contributed by atoms with van der Waals surface area (Å²) in [4.78, 5) is 14.0. The number of fused-ring (bicyclic) bond motifs is 1. The summed E-state index contributed by atoms with van der Waals surface area (Å²) in [6.07, 6.45) is 2.39. The number of hydrogen-bond donors (Lipinski definition) is 1. The van der Waals surface area contributed by atoms with Gasteiger partial charge in [0.15, 0.2) is 0 Å². The maximum absolute atomic E-state index is 12.2. The van der Waals surface area contributed by atoms with Crippen molar-refractivity contribution >= 4 is 29.1 Å². The van der Waals surface area contributed by atoms with Gasteiger partial charge in [-0.15, -0.1) is 0 Å². The average Bonchev–Trinajstić information content (AvgIpc) is 2.37. The van der Waals surface area contributed by atoms with E-state index in [0.29, 0.717) is 23.1 Å². The van der Waals surface area contributed by atoms with Crippen LogP contribution in [0.2, 0.25) is 10.0 Å². The van der Waals surface area contributed by atoms with E-state index in [2.05, 4.69) is 0 Å². The van der Waals surface area contributed by atoms with Crippen molar-refractivity contribution in [2.24, 2.45) is 5.73 Å². The van der Waals surface area contributed by atoms with Crippen LogP contribution in [0.3, 0.4) is 0 Å². The van der Waals surface area contributed by atoms with Crippen molar-refractivity contribution in [3.8, 4) is 0 Å². The van der Waals surface area contributed by atoms with Gasteiger partial charge in [0, 0.05) is 23.1 Å². The number of carbonyl (C=O) groups is 1. The number of amides is 1. The molecule has 1 aromatic rings. The highest BCUT2D eigenvalue weighted by atomic mass is 35.5. The van der Waals surface area contributed by atoms with E-state index in [1.807, 2.05) is 13.0 Å². The molecule has 1 aliphatic heterocycles. The molecule has 0 saturated carbocycles. The Kier molecular flexibility index (Phi) is 4.71. The van der Waals surface area contributed by atoms with Gasteiger partial charge in [0.2, 0.25) is 5.91 Å². The Morgan fingerprint density at radius 2 is 2.21 bits per heavy atom. The minimum Gasteiger partial charge on any atom is -0.337 e. The Labute approximate surface area is 123 Å². The largest absolute Gasteiger partial charge is 0.337 e. The van der Waals surface area contributed by atoms with Gasteiger partial charge in [-0.25, -0.2) is 0 Å². The first kappa shape index (κ1) is 14.6. The summed E-state index contributed by atoms with van der Waals surface area (Å²) in [5, 5.41) is 1.29. The number of hydrogen-bond acceptors (Lipinski definition) is 2. The molecule has 0 fully saturated rings. The molecule has 0 radical (unpaired) electrons. The molecule has 19 heavy (non-hydrogen) atoms. The van der Waals surface area contributed by atoms with Crippen LogP contribution >= 0.6 is 23.2 Å². The second kappa shape index (κ2) is 6.12. The van der Waals surface area contributed by atoms with Crippen molar-refractivity contribution in [2.45, 2.75) is 38.8 Å². The van der Waals surface area contributed by atoms with Crippen molar-refractivity contribution in [1.29, 1.82) is 0 Å². The summed E-state index contributed by atoms with van der Waals surface area (Å²) in [5.74, 6) is 0.0172. The molecule has 1 amide bonds. The molecule has 3 nitrogen and oxygen atoms in total. The highest BCUT2D eigenvalue weighted by Gasteiger charge is 2.25. The van der Waals surface area contributed by atoms with E-state index in [4.69, 9.17) is 28.9 Å². The summed E-state index contributed by atoms with van der Waals surface area (Å²) in [6.45, 7) is 3.24. The van der Waals surface area contributed by atoms with E-state index < -0.39 is 6.04 Å². The first-order valence-electron chi connectivity index (χ1n) is 6.54. The number of nitrogens with zero attached hydrogens (tertiary/aromatic N) is 1. The normalized spacial score (nSPS) is 16.1. The van der Waals surface area contributed by atoms with E-state index >= 15 is 0 Å². The van der Waals surface area contributed by atoms with Crippen LogP contribution < -0.4 is 5.73 Å². The highest BCUT2D eigenvalue weighted by molar-refractivity contribution is 6.35. The second-order valence-electron chi connectivity index (χ2n) is 4.93. The summed E-state index contributed by atoms with van der Waals surface area (Å²) in [6, 6.07) is 3.23. The molecular weight excluding hydrogens is 283 g/mol. The van der Waals surface area contributed by atoms with Gasteiger partial charge in [-0.05, 0) is 36.1 Å². The van der Waals surface area contributed by atoms with Crippen LogP contribution in [0.15, 0.2) is 12.1 Å². The number of rotatable bonds is 3. The molecule has 0 saturated heterocycles. The minimum atomic E-state index is -0.402. The number of halogens is 2. The molecule has 1 atom stereocenters. The second-order valence-corrected chi connectivity index (χ2v) is 5.77. The molecule has 0 spiro atoms. The van der Waals surface area contributed by atoms with Crippen LogP contribution in [0.5, 0.6) is 0 Å². The molecule has 1 aromatic carbocycles. The quantitative estimate of drug-likeness (QED) is 0.933. The van der Waals surface area contributed by atoms with Gasteiger partial charge in [0.1, 0.15) is 0 Å². The number of carbonyl (C=O) groups excluding carboxylic acids is 1. The van der Waals surface area contributed by atoms with Gasteiger partial charge < -0.3 is 10.6 Å². The Hall–Kier alpha value is -0.770.